The van der Waals surface area contributed by atoms with E-state index in [4.69, 9.17) is 4.74 Å². The van der Waals surface area contributed by atoms with Crippen LogP contribution in [0.4, 0.5) is 0 Å². The van der Waals surface area contributed by atoms with E-state index in [-0.39, 0.29) is 29.8 Å². The SMILES string of the molecule is CC(C)(C)C(=O)C=c1sc(=Cc2ccccc2OCc2ccccc2)c(=O)n1CC(=O)NC1CCCCCCC1. The van der Waals surface area contributed by atoms with Gasteiger partial charge in [-0.15, -0.1) is 11.3 Å². The molecular formula is C33H40N2O4S. The lowest BCUT2D eigenvalue weighted by Crippen LogP contribution is -2.42. The summed E-state index contributed by atoms with van der Waals surface area (Å²) in [6, 6.07) is 17.6. The van der Waals surface area contributed by atoms with Crippen LogP contribution in [0.25, 0.3) is 12.2 Å². The highest BCUT2D eigenvalue weighted by Gasteiger charge is 2.21. The van der Waals surface area contributed by atoms with E-state index in [9.17, 15) is 14.4 Å². The molecule has 1 amide bonds. The van der Waals surface area contributed by atoms with Crippen LogP contribution in [0.1, 0.15) is 76.8 Å². The number of carbonyl (C=O) groups is 2. The normalized spacial score (nSPS) is 15.9. The summed E-state index contributed by atoms with van der Waals surface area (Å²) in [6.07, 6.45) is 11.1. The molecule has 40 heavy (non-hydrogen) atoms. The number of ether oxygens (including phenoxy) is 1. The van der Waals surface area contributed by atoms with Crippen LogP contribution in [0.5, 0.6) is 5.75 Å². The number of ketones is 1. The Morgan fingerprint density at radius 2 is 1.62 bits per heavy atom. The van der Waals surface area contributed by atoms with Gasteiger partial charge in [-0.2, -0.15) is 0 Å². The number of hydrogen-bond donors (Lipinski definition) is 1. The van der Waals surface area contributed by atoms with Crippen molar-refractivity contribution in [1.29, 1.82) is 0 Å². The molecule has 0 radical (unpaired) electrons. The van der Waals surface area contributed by atoms with E-state index in [0.717, 1.165) is 36.8 Å². The van der Waals surface area contributed by atoms with Gasteiger partial charge in [0.1, 0.15) is 23.6 Å². The molecule has 1 fully saturated rings. The van der Waals surface area contributed by atoms with Gasteiger partial charge in [-0.05, 0) is 30.5 Å². The van der Waals surface area contributed by atoms with Crippen LogP contribution in [0.3, 0.4) is 0 Å². The van der Waals surface area contributed by atoms with Crippen LogP contribution >= 0.6 is 11.3 Å². The number of Topliss-reactive ketones (excluding diaryl/α,β-unsaturated/α-hetero) is 1. The Kier molecular flexibility index (Phi) is 10.2. The van der Waals surface area contributed by atoms with Gasteiger partial charge in [-0.1, -0.05) is 101 Å². The molecule has 0 spiro atoms. The van der Waals surface area contributed by atoms with E-state index in [2.05, 4.69) is 5.32 Å². The smallest absolute Gasteiger partial charge is 0.269 e. The fourth-order valence-corrected chi connectivity index (χ4v) is 5.78. The maximum Gasteiger partial charge on any atom is 0.269 e. The molecular weight excluding hydrogens is 520 g/mol. The summed E-state index contributed by atoms with van der Waals surface area (Å²) in [7, 11) is 0. The molecule has 1 aliphatic rings. The van der Waals surface area contributed by atoms with Gasteiger partial charge in [0.15, 0.2) is 5.78 Å². The molecule has 1 N–H and O–H groups in total. The quantitative estimate of drug-likeness (QED) is 0.423. The maximum atomic E-state index is 13.6. The van der Waals surface area contributed by atoms with Crippen molar-refractivity contribution < 1.29 is 14.3 Å². The second-order valence-corrected chi connectivity index (χ2v) is 12.6. The molecule has 0 saturated heterocycles. The third-order valence-electron chi connectivity index (χ3n) is 7.15. The van der Waals surface area contributed by atoms with Gasteiger partial charge < -0.3 is 10.1 Å². The van der Waals surface area contributed by atoms with Gasteiger partial charge in [0.05, 0.1) is 4.53 Å². The Hall–Kier alpha value is -3.45. The molecule has 212 valence electrons. The predicted octanol–water partition coefficient (Wildman–Crippen LogP) is 4.94. The topological polar surface area (TPSA) is 77.4 Å². The summed E-state index contributed by atoms with van der Waals surface area (Å²) < 4.78 is 8.45. The molecule has 0 aliphatic heterocycles. The average molecular weight is 561 g/mol. The summed E-state index contributed by atoms with van der Waals surface area (Å²) in [6.45, 7) is 5.82. The van der Waals surface area contributed by atoms with E-state index < -0.39 is 5.41 Å². The van der Waals surface area contributed by atoms with Crippen molar-refractivity contribution in [2.45, 2.75) is 84.9 Å². The lowest BCUT2D eigenvalue weighted by Gasteiger charge is -2.21. The number of benzene rings is 2. The Balaban J connectivity index is 1.66. The molecule has 3 aromatic rings. The Labute approximate surface area is 240 Å². The Bertz CT molecular complexity index is 1470. The van der Waals surface area contributed by atoms with Crippen molar-refractivity contribution in [2.24, 2.45) is 5.41 Å². The van der Waals surface area contributed by atoms with E-state index in [1.807, 2.05) is 75.4 Å². The second kappa shape index (κ2) is 13.8. The highest BCUT2D eigenvalue weighted by molar-refractivity contribution is 7.07. The minimum Gasteiger partial charge on any atom is -0.488 e. The van der Waals surface area contributed by atoms with Crippen molar-refractivity contribution in [3.8, 4) is 5.75 Å². The summed E-state index contributed by atoms with van der Waals surface area (Å²) in [5.74, 6) is 0.367. The van der Waals surface area contributed by atoms with Gasteiger partial charge >= 0.3 is 0 Å². The molecule has 1 aromatic heterocycles. The first-order valence-electron chi connectivity index (χ1n) is 14.2. The third-order valence-corrected chi connectivity index (χ3v) is 8.20. The summed E-state index contributed by atoms with van der Waals surface area (Å²) in [4.78, 5) is 39.7. The van der Waals surface area contributed by atoms with E-state index >= 15 is 0 Å². The number of rotatable bonds is 8. The molecule has 4 rings (SSSR count). The van der Waals surface area contributed by atoms with Gasteiger partial charge in [0.2, 0.25) is 5.91 Å². The van der Waals surface area contributed by atoms with Gasteiger partial charge in [0.25, 0.3) is 5.56 Å². The maximum absolute atomic E-state index is 13.6. The number of para-hydroxylation sites is 1. The first-order chi connectivity index (χ1) is 19.2. The number of amides is 1. The van der Waals surface area contributed by atoms with Gasteiger partial charge in [-0.25, -0.2) is 0 Å². The first-order valence-corrected chi connectivity index (χ1v) is 15.0. The average Bonchev–Trinajstić information content (AvgIpc) is 3.18. The molecule has 1 heterocycles. The van der Waals surface area contributed by atoms with Crippen LogP contribution in [0.15, 0.2) is 59.4 Å². The number of hydrogen-bond acceptors (Lipinski definition) is 5. The minimum atomic E-state index is -0.603. The Morgan fingerprint density at radius 1 is 0.975 bits per heavy atom. The molecule has 0 atom stereocenters. The number of nitrogens with one attached hydrogen (secondary N) is 1. The van der Waals surface area contributed by atoms with Crippen LogP contribution in [-0.2, 0) is 22.7 Å². The standard InChI is InChI=1S/C33H40N2O4S/c1-33(2,3)29(36)21-31-35(22-30(37)34-26-17-10-5-4-6-11-18-26)32(38)28(40-31)20-25-16-12-13-19-27(25)39-23-24-14-8-7-9-15-24/h7-9,12-16,19-21,26H,4-6,10-11,17-18,22-23H2,1-3H3,(H,34,37). The predicted molar refractivity (Wildman–Crippen MR) is 162 cm³/mol. The largest absolute Gasteiger partial charge is 0.488 e. The molecule has 0 bridgehead atoms. The van der Waals surface area contributed by atoms with Crippen molar-refractivity contribution in [1.82, 2.24) is 9.88 Å². The zero-order chi connectivity index (χ0) is 28.5. The lowest BCUT2D eigenvalue weighted by atomic mass is 9.91. The summed E-state index contributed by atoms with van der Waals surface area (Å²) in [5.41, 5.74) is 0.914. The van der Waals surface area contributed by atoms with Crippen LogP contribution < -0.4 is 24.8 Å². The summed E-state index contributed by atoms with van der Waals surface area (Å²) >= 11 is 1.23. The van der Waals surface area contributed by atoms with Crippen molar-refractivity contribution >= 4 is 35.2 Å². The fraction of sp³-hybridized carbons (Fsp3) is 0.424. The highest BCUT2D eigenvalue weighted by atomic mass is 32.1. The number of nitrogens with zero attached hydrogens (tertiary/aromatic N) is 1. The highest BCUT2D eigenvalue weighted by Crippen LogP contribution is 2.20. The fourth-order valence-electron chi connectivity index (χ4n) is 4.75. The molecule has 1 saturated carbocycles. The molecule has 1 aliphatic carbocycles. The lowest BCUT2D eigenvalue weighted by molar-refractivity contribution is -0.123. The Morgan fingerprint density at radius 3 is 2.33 bits per heavy atom. The number of carbonyl (C=O) groups excluding carboxylic acids is 2. The number of aromatic nitrogens is 1. The van der Waals surface area contributed by atoms with Gasteiger partial charge in [0, 0.05) is 23.1 Å². The first kappa shape index (κ1) is 29.5. The van der Waals surface area contributed by atoms with Crippen LogP contribution in [0, 0.1) is 5.41 Å². The molecule has 7 heteroatoms. The zero-order valence-corrected chi connectivity index (χ0v) is 24.6. The monoisotopic (exact) mass is 560 g/mol. The number of thiazole rings is 1. The van der Waals surface area contributed by atoms with E-state index in [0.29, 0.717) is 21.6 Å². The van der Waals surface area contributed by atoms with Crippen molar-refractivity contribution in [3.63, 3.8) is 0 Å². The zero-order valence-electron chi connectivity index (χ0n) is 23.8. The third kappa shape index (κ3) is 8.28. The van der Waals surface area contributed by atoms with Crippen LogP contribution in [0.2, 0.25) is 0 Å². The minimum absolute atomic E-state index is 0.0962. The molecule has 6 nitrogen and oxygen atoms in total. The van der Waals surface area contributed by atoms with E-state index in [1.165, 1.54) is 41.2 Å². The molecule has 2 aromatic carbocycles. The van der Waals surface area contributed by atoms with Crippen molar-refractivity contribution in [3.05, 3.63) is 85.3 Å². The summed E-state index contributed by atoms with van der Waals surface area (Å²) in [5, 5.41) is 3.15. The van der Waals surface area contributed by atoms with E-state index in [1.54, 1.807) is 6.08 Å². The van der Waals surface area contributed by atoms with Gasteiger partial charge in [-0.3, -0.25) is 19.0 Å². The van der Waals surface area contributed by atoms with Crippen LogP contribution in [-0.4, -0.2) is 22.3 Å². The second-order valence-electron chi connectivity index (χ2n) is 11.5. The molecule has 0 unspecified atom stereocenters. The van der Waals surface area contributed by atoms with Crippen molar-refractivity contribution in [2.75, 3.05) is 0 Å².